The highest BCUT2D eigenvalue weighted by Gasteiger charge is 2.36. The maximum absolute atomic E-state index is 13.3. The van der Waals surface area contributed by atoms with Crippen LogP contribution in [0.3, 0.4) is 0 Å². The molecule has 0 N–H and O–H groups in total. The van der Waals surface area contributed by atoms with Crippen LogP contribution in [0.15, 0.2) is 24.4 Å². The first kappa shape index (κ1) is 21.3. The number of amides is 1. The average molecular weight is 451 g/mol. The molecule has 0 atom stereocenters. The summed E-state index contributed by atoms with van der Waals surface area (Å²) < 4.78 is 26.9. The van der Waals surface area contributed by atoms with Crippen molar-refractivity contribution in [3.63, 3.8) is 0 Å². The number of hydrogen-bond acceptors (Lipinski definition) is 4. The molecule has 1 aromatic heterocycles. The van der Waals surface area contributed by atoms with Crippen molar-refractivity contribution < 1.29 is 13.2 Å². The molecule has 1 amide bonds. The second-order valence-electron chi connectivity index (χ2n) is 8.37. The van der Waals surface area contributed by atoms with Gasteiger partial charge in [0.1, 0.15) is 0 Å². The molecule has 0 radical (unpaired) electrons. The molecule has 7 nitrogen and oxygen atoms in total. The van der Waals surface area contributed by atoms with Gasteiger partial charge in [-0.05, 0) is 50.3 Å². The molecule has 2 aliphatic rings. The van der Waals surface area contributed by atoms with Crippen LogP contribution in [0.5, 0.6) is 0 Å². The minimum absolute atomic E-state index is 0.0261. The Balaban J connectivity index is 1.56. The molecule has 2 aromatic rings. The highest BCUT2D eigenvalue weighted by Crippen LogP contribution is 2.43. The molecule has 2 fully saturated rings. The Morgan fingerprint density at radius 2 is 1.87 bits per heavy atom. The van der Waals surface area contributed by atoms with Crippen molar-refractivity contribution in [1.29, 1.82) is 0 Å². The van der Waals surface area contributed by atoms with E-state index >= 15 is 0 Å². The number of sulfonamides is 1. The molecular weight excluding hydrogens is 424 g/mol. The summed E-state index contributed by atoms with van der Waals surface area (Å²) in [5.74, 6) is 0.308. The zero-order valence-corrected chi connectivity index (χ0v) is 19.1. The molecule has 0 spiro atoms. The van der Waals surface area contributed by atoms with E-state index in [-0.39, 0.29) is 11.9 Å². The SMILES string of the molecule is Cc1ccc(-n2ncc(C(=O)N3CCC(N(C)S(C)(=O)=O)CC3)c2C2CC2)cc1Cl. The van der Waals surface area contributed by atoms with Crippen LogP contribution in [-0.4, -0.2) is 65.7 Å². The van der Waals surface area contributed by atoms with Crippen molar-refractivity contribution in [3.05, 3.63) is 46.2 Å². The molecule has 4 rings (SSSR count). The molecule has 9 heteroatoms. The summed E-state index contributed by atoms with van der Waals surface area (Å²) in [5.41, 5.74) is 3.46. The predicted molar refractivity (Wildman–Crippen MR) is 117 cm³/mol. The van der Waals surface area contributed by atoms with E-state index in [2.05, 4.69) is 5.10 Å². The standard InChI is InChI=1S/C21H27ClN4O3S/c1-14-4-7-17(12-19(14)22)26-20(15-5-6-15)18(13-23-26)21(27)25-10-8-16(9-11-25)24(2)30(3,28)29/h4,7,12-13,15-16H,5-6,8-11H2,1-3H3. The van der Waals surface area contributed by atoms with Gasteiger partial charge < -0.3 is 4.90 Å². The summed E-state index contributed by atoms with van der Waals surface area (Å²) in [4.78, 5) is 15.1. The number of nitrogens with zero attached hydrogens (tertiary/aromatic N) is 4. The van der Waals surface area contributed by atoms with Crippen LogP contribution >= 0.6 is 11.6 Å². The average Bonchev–Trinajstić information content (AvgIpc) is 3.46. The summed E-state index contributed by atoms with van der Waals surface area (Å²) in [6.45, 7) is 3.03. The number of aromatic nitrogens is 2. The molecule has 2 heterocycles. The lowest BCUT2D eigenvalue weighted by molar-refractivity contribution is 0.0685. The summed E-state index contributed by atoms with van der Waals surface area (Å²) >= 11 is 6.31. The van der Waals surface area contributed by atoms with E-state index in [0.717, 1.165) is 29.8 Å². The number of hydrogen-bond donors (Lipinski definition) is 0. The Labute approximate surface area is 182 Å². The number of benzene rings is 1. The van der Waals surface area contributed by atoms with Gasteiger partial charge in [-0.15, -0.1) is 0 Å². The zero-order valence-electron chi connectivity index (χ0n) is 17.5. The summed E-state index contributed by atoms with van der Waals surface area (Å²) in [5, 5.41) is 5.21. The first-order valence-electron chi connectivity index (χ1n) is 10.2. The lowest BCUT2D eigenvalue weighted by atomic mass is 10.0. The van der Waals surface area contributed by atoms with Crippen LogP contribution in [0.1, 0.15) is 53.2 Å². The molecule has 1 aliphatic carbocycles. The minimum atomic E-state index is -3.23. The van der Waals surface area contributed by atoms with Crippen molar-refractivity contribution in [3.8, 4) is 5.69 Å². The van der Waals surface area contributed by atoms with E-state index in [9.17, 15) is 13.2 Å². The van der Waals surface area contributed by atoms with Gasteiger partial charge in [0.25, 0.3) is 5.91 Å². The largest absolute Gasteiger partial charge is 0.338 e. The Bertz CT molecular complexity index is 1070. The highest BCUT2D eigenvalue weighted by atomic mass is 35.5. The first-order valence-corrected chi connectivity index (χ1v) is 12.5. The molecular formula is C21H27ClN4O3S. The number of carbonyl (C=O) groups excluding carboxylic acids is 1. The van der Waals surface area contributed by atoms with Gasteiger partial charge in [0.2, 0.25) is 10.0 Å². The number of halogens is 1. The molecule has 1 aliphatic heterocycles. The normalized spacial score (nSPS) is 18.2. The molecule has 0 unspecified atom stereocenters. The van der Waals surface area contributed by atoms with E-state index in [1.165, 1.54) is 10.6 Å². The second kappa shape index (κ2) is 7.98. The Morgan fingerprint density at radius 1 is 1.20 bits per heavy atom. The van der Waals surface area contributed by atoms with Gasteiger partial charge in [0.15, 0.2) is 0 Å². The third-order valence-corrected chi connectivity index (χ3v) is 7.94. The Hall–Kier alpha value is -1.90. The van der Waals surface area contributed by atoms with Crippen LogP contribution in [0.2, 0.25) is 5.02 Å². The highest BCUT2D eigenvalue weighted by molar-refractivity contribution is 7.88. The van der Waals surface area contributed by atoms with Gasteiger partial charge in [-0.2, -0.15) is 5.10 Å². The van der Waals surface area contributed by atoms with Gasteiger partial charge in [-0.25, -0.2) is 17.4 Å². The molecule has 1 aromatic carbocycles. The number of carbonyl (C=O) groups is 1. The quantitative estimate of drug-likeness (QED) is 0.700. The summed E-state index contributed by atoms with van der Waals surface area (Å²) in [7, 11) is -1.62. The summed E-state index contributed by atoms with van der Waals surface area (Å²) in [6.07, 6.45) is 6.25. The minimum Gasteiger partial charge on any atom is -0.338 e. The van der Waals surface area contributed by atoms with Crippen molar-refractivity contribution in [2.45, 2.75) is 44.6 Å². The molecule has 30 heavy (non-hydrogen) atoms. The van der Waals surface area contributed by atoms with Crippen molar-refractivity contribution in [1.82, 2.24) is 19.0 Å². The van der Waals surface area contributed by atoms with Gasteiger partial charge in [-0.3, -0.25) is 4.79 Å². The number of piperidine rings is 1. The fourth-order valence-corrected chi connectivity index (χ4v) is 4.99. The monoisotopic (exact) mass is 450 g/mol. The van der Waals surface area contributed by atoms with Crippen LogP contribution < -0.4 is 0 Å². The maximum Gasteiger partial charge on any atom is 0.257 e. The zero-order chi connectivity index (χ0) is 21.6. The Kier molecular flexibility index (Phi) is 5.67. The lowest BCUT2D eigenvalue weighted by Gasteiger charge is -2.35. The maximum atomic E-state index is 13.3. The third-order valence-electron chi connectivity index (χ3n) is 6.19. The smallest absolute Gasteiger partial charge is 0.257 e. The van der Waals surface area contributed by atoms with E-state index in [1.54, 1.807) is 13.2 Å². The van der Waals surface area contributed by atoms with Crippen molar-refractivity contribution >= 4 is 27.5 Å². The van der Waals surface area contributed by atoms with Crippen molar-refractivity contribution in [2.75, 3.05) is 26.4 Å². The van der Waals surface area contributed by atoms with Gasteiger partial charge in [0, 0.05) is 37.1 Å². The first-order chi connectivity index (χ1) is 14.2. The number of likely N-dealkylation sites (tertiary alicyclic amines) is 1. The van der Waals surface area contributed by atoms with Crippen LogP contribution in [0.25, 0.3) is 5.69 Å². The second-order valence-corrected chi connectivity index (χ2v) is 10.8. The lowest BCUT2D eigenvalue weighted by Crippen LogP contribution is -2.47. The molecule has 1 saturated carbocycles. The third kappa shape index (κ3) is 4.13. The van der Waals surface area contributed by atoms with E-state index in [1.807, 2.05) is 34.7 Å². The van der Waals surface area contributed by atoms with Crippen LogP contribution in [-0.2, 0) is 10.0 Å². The molecule has 1 saturated heterocycles. The fraction of sp³-hybridized carbons (Fsp3) is 0.524. The van der Waals surface area contributed by atoms with E-state index in [4.69, 9.17) is 11.6 Å². The van der Waals surface area contributed by atoms with E-state index < -0.39 is 10.0 Å². The fourth-order valence-electron chi connectivity index (χ4n) is 4.07. The van der Waals surface area contributed by atoms with Crippen molar-refractivity contribution in [2.24, 2.45) is 0 Å². The van der Waals surface area contributed by atoms with Crippen LogP contribution in [0.4, 0.5) is 0 Å². The predicted octanol–water partition coefficient (Wildman–Crippen LogP) is 3.21. The summed E-state index contributed by atoms with van der Waals surface area (Å²) in [6, 6.07) is 5.75. The van der Waals surface area contributed by atoms with Gasteiger partial charge in [0.05, 0.1) is 29.4 Å². The molecule has 162 valence electrons. The van der Waals surface area contributed by atoms with Gasteiger partial charge >= 0.3 is 0 Å². The number of rotatable bonds is 5. The van der Waals surface area contributed by atoms with E-state index in [0.29, 0.717) is 42.4 Å². The Morgan fingerprint density at radius 3 is 2.43 bits per heavy atom. The number of aryl methyl sites for hydroxylation is 1. The molecule has 0 bridgehead atoms. The van der Waals surface area contributed by atoms with Crippen LogP contribution in [0, 0.1) is 6.92 Å². The van der Waals surface area contributed by atoms with Gasteiger partial charge in [-0.1, -0.05) is 17.7 Å². The topological polar surface area (TPSA) is 75.5 Å².